The van der Waals surface area contributed by atoms with Gasteiger partial charge in [-0.05, 0) is 30.6 Å². The van der Waals surface area contributed by atoms with E-state index in [0.29, 0.717) is 18.1 Å². The minimum atomic E-state index is -0.231. The van der Waals surface area contributed by atoms with Crippen molar-refractivity contribution in [3.05, 3.63) is 0 Å². The van der Waals surface area contributed by atoms with Crippen LogP contribution in [0.15, 0.2) is 0 Å². The number of aliphatic hydroxyl groups is 1. The van der Waals surface area contributed by atoms with Crippen LogP contribution in [-0.4, -0.2) is 30.5 Å². The number of nitrogens with two attached hydrogens (primary N) is 1. The fourth-order valence-electron chi connectivity index (χ4n) is 2.70. The molecule has 0 saturated heterocycles. The van der Waals surface area contributed by atoms with Gasteiger partial charge in [0, 0.05) is 0 Å². The summed E-state index contributed by atoms with van der Waals surface area (Å²) < 4.78 is 5.76. The van der Waals surface area contributed by atoms with Crippen molar-refractivity contribution < 1.29 is 9.84 Å². The van der Waals surface area contributed by atoms with E-state index in [0.717, 1.165) is 18.8 Å². The molecule has 3 nitrogen and oxygen atoms in total. The molecule has 1 rings (SSSR count). The van der Waals surface area contributed by atoms with E-state index >= 15 is 0 Å². The fourth-order valence-corrected chi connectivity index (χ4v) is 2.70. The molecule has 1 aliphatic carbocycles. The van der Waals surface area contributed by atoms with Gasteiger partial charge in [0.05, 0.1) is 25.4 Å². The molecule has 0 aromatic heterocycles. The summed E-state index contributed by atoms with van der Waals surface area (Å²) in [5, 5.41) is 8.81. The van der Waals surface area contributed by atoms with Gasteiger partial charge in [-0.2, -0.15) is 0 Å². The van der Waals surface area contributed by atoms with Gasteiger partial charge in [0.1, 0.15) is 0 Å². The monoisotopic (exact) mass is 215 g/mol. The largest absolute Gasteiger partial charge is 0.395 e. The maximum absolute atomic E-state index is 8.81. The predicted octanol–water partition coefficient (Wildman–Crippen LogP) is 1.54. The predicted molar refractivity (Wildman–Crippen MR) is 61.6 cm³/mol. The molecule has 3 heteroatoms. The Hall–Kier alpha value is -0.120. The van der Waals surface area contributed by atoms with E-state index in [2.05, 4.69) is 20.8 Å². The third kappa shape index (κ3) is 4.49. The first-order valence-electron chi connectivity index (χ1n) is 5.91. The van der Waals surface area contributed by atoms with Gasteiger partial charge in [0.2, 0.25) is 0 Å². The molecule has 3 N–H and O–H groups in total. The van der Waals surface area contributed by atoms with Crippen molar-refractivity contribution in [2.24, 2.45) is 17.1 Å². The van der Waals surface area contributed by atoms with Crippen molar-refractivity contribution in [2.45, 2.75) is 52.2 Å². The molecule has 15 heavy (non-hydrogen) atoms. The topological polar surface area (TPSA) is 55.5 Å². The average molecular weight is 215 g/mol. The normalized spacial score (nSPS) is 32.6. The number of hydrogen-bond donors (Lipinski definition) is 2. The van der Waals surface area contributed by atoms with Crippen molar-refractivity contribution in [3.63, 3.8) is 0 Å². The van der Waals surface area contributed by atoms with Crippen molar-refractivity contribution in [1.82, 2.24) is 0 Å². The van der Waals surface area contributed by atoms with Crippen LogP contribution in [0.5, 0.6) is 0 Å². The Morgan fingerprint density at radius 1 is 1.47 bits per heavy atom. The molecule has 0 aliphatic heterocycles. The maximum Gasteiger partial charge on any atom is 0.0643 e. The molecule has 1 saturated carbocycles. The minimum absolute atomic E-state index is 0.00562. The van der Waals surface area contributed by atoms with Crippen LogP contribution in [0.3, 0.4) is 0 Å². The van der Waals surface area contributed by atoms with E-state index in [4.69, 9.17) is 15.6 Å². The number of aliphatic hydroxyl groups excluding tert-OH is 1. The molecule has 1 fully saturated rings. The van der Waals surface area contributed by atoms with Crippen LogP contribution < -0.4 is 5.73 Å². The molecule has 0 spiro atoms. The molecule has 0 bridgehead atoms. The molecule has 1 aliphatic rings. The van der Waals surface area contributed by atoms with E-state index in [-0.39, 0.29) is 12.6 Å². The summed E-state index contributed by atoms with van der Waals surface area (Å²) >= 11 is 0. The highest BCUT2D eigenvalue weighted by molar-refractivity contribution is 4.83. The van der Waals surface area contributed by atoms with Crippen LogP contribution in [0, 0.1) is 11.3 Å². The Balaban J connectivity index is 2.35. The Morgan fingerprint density at radius 3 is 2.67 bits per heavy atom. The molecule has 3 atom stereocenters. The first kappa shape index (κ1) is 12.9. The summed E-state index contributed by atoms with van der Waals surface area (Å²) in [6.07, 6.45) is 3.83. The Kier molecular flexibility index (Phi) is 4.56. The Labute approximate surface area is 93.0 Å². The highest BCUT2D eigenvalue weighted by atomic mass is 16.5. The summed E-state index contributed by atoms with van der Waals surface area (Å²) in [6.45, 7) is 7.36. The lowest BCUT2D eigenvalue weighted by atomic mass is 9.71. The Bertz CT molecular complexity index is 194. The lowest BCUT2D eigenvalue weighted by molar-refractivity contribution is -0.0314. The molecule has 0 aromatic rings. The maximum atomic E-state index is 8.81. The summed E-state index contributed by atoms with van der Waals surface area (Å²) in [7, 11) is 0. The molecular formula is C12H25NO2. The highest BCUT2D eigenvalue weighted by Crippen LogP contribution is 2.39. The van der Waals surface area contributed by atoms with Gasteiger partial charge in [-0.1, -0.05) is 20.8 Å². The van der Waals surface area contributed by atoms with Gasteiger partial charge >= 0.3 is 0 Å². The average Bonchev–Trinajstić information content (AvgIpc) is 2.11. The number of rotatable bonds is 4. The second-order valence-electron chi connectivity index (χ2n) is 5.81. The smallest absolute Gasteiger partial charge is 0.0643 e. The van der Waals surface area contributed by atoms with Gasteiger partial charge in [-0.3, -0.25) is 0 Å². The first-order chi connectivity index (χ1) is 6.93. The quantitative estimate of drug-likeness (QED) is 0.748. The first-order valence-corrected chi connectivity index (χ1v) is 5.91. The summed E-state index contributed by atoms with van der Waals surface area (Å²) in [4.78, 5) is 0. The SMILES string of the molecule is CC1CC(OCC(N)CO)CC(C)(C)C1. The second kappa shape index (κ2) is 5.28. The zero-order chi connectivity index (χ0) is 11.5. The van der Waals surface area contributed by atoms with Crippen LogP contribution in [0.1, 0.15) is 40.0 Å². The molecular weight excluding hydrogens is 190 g/mol. The van der Waals surface area contributed by atoms with Gasteiger partial charge in [-0.25, -0.2) is 0 Å². The van der Waals surface area contributed by atoms with E-state index < -0.39 is 0 Å². The van der Waals surface area contributed by atoms with Gasteiger partial charge < -0.3 is 15.6 Å². The molecule has 0 amide bonds. The van der Waals surface area contributed by atoms with Gasteiger partial charge in [0.15, 0.2) is 0 Å². The van der Waals surface area contributed by atoms with Crippen LogP contribution >= 0.6 is 0 Å². The highest BCUT2D eigenvalue weighted by Gasteiger charge is 2.32. The third-order valence-electron chi connectivity index (χ3n) is 3.13. The second-order valence-corrected chi connectivity index (χ2v) is 5.81. The standard InChI is InChI=1S/C12H25NO2/c1-9-4-11(6-12(2,3)5-9)15-8-10(13)7-14/h9-11,14H,4-8,13H2,1-3H3. The van der Waals surface area contributed by atoms with Crippen molar-refractivity contribution >= 4 is 0 Å². The summed E-state index contributed by atoms with van der Waals surface area (Å²) in [5.41, 5.74) is 6.00. The summed E-state index contributed by atoms with van der Waals surface area (Å²) in [6, 6.07) is -0.231. The number of hydrogen-bond acceptors (Lipinski definition) is 3. The van der Waals surface area contributed by atoms with Crippen LogP contribution in [0.25, 0.3) is 0 Å². The zero-order valence-electron chi connectivity index (χ0n) is 10.2. The van der Waals surface area contributed by atoms with Crippen molar-refractivity contribution in [2.75, 3.05) is 13.2 Å². The van der Waals surface area contributed by atoms with Gasteiger partial charge in [0.25, 0.3) is 0 Å². The zero-order valence-corrected chi connectivity index (χ0v) is 10.2. The van der Waals surface area contributed by atoms with Crippen LogP contribution in [0.2, 0.25) is 0 Å². The molecule has 0 aromatic carbocycles. The lowest BCUT2D eigenvalue weighted by Crippen LogP contribution is -2.37. The molecule has 0 heterocycles. The summed E-state index contributed by atoms with van der Waals surface area (Å²) in [5.74, 6) is 0.726. The van der Waals surface area contributed by atoms with Crippen molar-refractivity contribution in [3.8, 4) is 0 Å². The van der Waals surface area contributed by atoms with Crippen molar-refractivity contribution in [1.29, 1.82) is 0 Å². The van der Waals surface area contributed by atoms with E-state index in [1.54, 1.807) is 0 Å². The third-order valence-corrected chi connectivity index (χ3v) is 3.13. The van der Waals surface area contributed by atoms with E-state index in [9.17, 15) is 0 Å². The molecule has 90 valence electrons. The Morgan fingerprint density at radius 2 is 2.13 bits per heavy atom. The van der Waals surface area contributed by atoms with Gasteiger partial charge in [-0.15, -0.1) is 0 Å². The molecule has 0 radical (unpaired) electrons. The lowest BCUT2D eigenvalue weighted by Gasteiger charge is -2.39. The van der Waals surface area contributed by atoms with Crippen LogP contribution in [0.4, 0.5) is 0 Å². The number of ether oxygens (including phenoxy) is 1. The minimum Gasteiger partial charge on any atom is -0.395 e. The fraction of sp³-hybridized carbons (Fsp3) is 1.00. The van der Waals surface area contributed by atoms with E-state index in [1.165, 1.54) is 6.42 Å². The van der Waals surface area contributed by atoms with Crippen LogP contribution in [-0.2, 0) is 4.74 Å². The molecule has 3 unspecified atom stereocenters. The van der Waals surface area contributed by atoms with E-state index in [1.807, 2.05) is 0 Å².